The number of aromatic nitrogens is 8. The molecule has 0 bridgehead atoms. The molecule has 0 amide bonds. The van der Waals surface area contributed by atoms with Crippen molar-refractivity contribution in [3.8, 4) is 0 Å². The lowest BCUT2D eigenvalue weighted by Crippen LogP contribution is -2.34. The van der Waals surface area contributed by atoms with Crippen LogP contribution in [0.1, 0.15) is 12.5 Å². The van der Waals surface area contributed by atoms with E-state index < -0.39 is 95.0 Å². The normalized spacial score (nSPS) is 30.1. The zero-order valence-corrected chi connectivity index (χ0v) is 28.9. The summed E-state index contributed by atoms with van der Waals surface area (Å²) in [4.78, 5) is 45.1. The van der Waals surface area contributed by atoms with Crippen molar-refractivity contribution in [2.45, 2.75) is 55.1 Å². The zero-order chi connectivity index (χ0) is 36.0. The Morgan fingerprint density at radius 3 is 1.48 bits per heavy atom. The number of nitrogens with zero attached hydrogens (tertiary/aromatic N) is 8. The number of imidazole rings is 2. The van der Waals surface area contributed by atoms with E-state index in [2.05, 4.69) is 29.9 Å². The molecule has 0 aliphatic carbocycles. The fraction of sp³-hybridized carbons (Fsp3) is 0.565. The molecule has 6 heterocycles. The number of anilines is 2. The highest BCUT2D eigenvalue weighted by Crippen LogP contribution is 2.47. The molecule has 27 heteroatoms. The second-order valence-corrected chi connectivity index (χ2v) is 16.8. The monoisotopic (exact) mass is 781 g/mol. The Morgan fingerprint density at radius 2 is 1.08 bits per heavy atom. The van der Waals surface area contributed by atoms with Crippen molar-refractivity contribution >= 4 is 71.0 Å². The molecule has 2 aliphatic heterocycles. The van der Waals surface area contributed by atoms with Crippen molar-refractivity contribution in [3.05, 3.63) is 25.3 Å². The number of rotatable bonds is 14. The lowest BCUT2D eigenvalue weighted by molar-refractivity contribution is -0.0499. The van der Waals surface area contributed by atoms with Crippen LogP contribution in [0.2, 0.25) is 0 Å². The minimum atomic E-state index is -3.95. The quantitative estimate of drug-likeness (QED) is 0.0572. The van der Waals surface area contributed by atoms with Gasteiger partial charge in [-0.2, -0.15) is 0 Å². The lowest BCUT2D eigenvalue weighted by Gasteiger charge is -2.23. The van der Waals surface area contributed by atoms with Crippen LogP contribution in [0.5, 0.6) is 0 Å². The van der Waals surface area contributed by atoms with Crippen LogP contribution in [0.4, 0.5) is 11.6 Å². The highest BCUT2D eigenvalue weighted by atomic mass is 32.5. The molecular formula is C23H33N11O12P2S2. The lowest BCUT2D eigenvalue weighted by atomic mass is 10.1. The second-order valence-electron chi connectivity index (χ2n) is 11.1. The molecule has 0 radical (unpaired) electrons. The molecule has 23 nitrogen and oxygen atoms in total. The molecule has 12 N–H and O–H groups in total. The summed E-state index contributed by atoms with van der Waals surface area (Å²) in [5.74, 6) is 0.235. The number of ether oxygens (including phenoxy) is 2. The Morgan fingerprint density at radius 1 is 0.680 bits per heavy atom. The highest BCUT2D eigenvalue weighted by molar-refractivity contribution is 8.07. The van der Waals surface area contributed by atoms with Crippen LogP contribution in [-0.2, 0) is 51.2 Å². The predicted octanol–water partition coefficient (Wildman–Crippen LogP) is -3.10. The molecule has 2 saturated heterocycles. The summed E-state index contributed by atoms with van der Waals surface area (Å²) in [6.45, 7) is -9.65. The first-order chi connectivity index (χ1) is 23.7. The minimum absolute atomic E-state index is 0.118. The number of fused-ring (bicyclic) bond motifs is 2. The topological polar surface area (TPSA) is 342 Å². The Bertz CT molecular complexity index is 1790. The summed E-state index contributed by atoms with van der Waals surface area (Å²) in [7, 11) is 0. The summed E-state index contributed by atoms with van der Waals surface area (Å²) in [5.41, 5.74) is 18.7. The van der Waals surface area contributed by atoms with Gasteiger partial charge in [0.2, 0.25) is 0 Å². The average molecular weight is 782 g/mol. The van der Waals surface area contributed by atoms with E-state index in [4.69, 9.17) is 68.4 Å². The average Bonchev–Trinajstić information content (AvgIpc) is 3.84. The molecule has 2 aliphatic rings. The molecular weight excluding hydrogens is 748 g/mol. The summed E-state index contributed by atoms with van der Waals surface area (Å²) >= 11 is 10.0. The van der Waals surface area contributed by atoms with E-state index >= 15 is 0 Å². The first-order valence-corrected chi connectivity index (χ1v) is 19.7. The standard InChI is InChI=1S/C23H33N11O12P2S2/c24-9(1-41-47(39,49)43-3-10-14(35)16(37)22(45-10)33-7-31-12-18(25)27-5-29-20(12)33)2-42-48(40,50)44-4-11-15(36)17(38)23(46-11)34-8-32-13-19(26)28-6-30-21(13)34/h5-11,14-17,22-23,35-38H,1-4,24H2,(H,39,49)(H,40,50)(H2,25,27,29)(H2,26,28,30). The Kier molecular flexibility index (Phi) is 11.1. The molecule has 10 unspecified atom stereocenters. The SMILES string of the molecule is Nc1ncnc2c1ncn2C1OC(COP(O)(=S)OCC(N)COP(O)(=S)OCC2OC(n3cnc4c(N)ncnc43)C(O)C2O)C(O)C1O. The van der Waals surface area contributed by atoms with E-state index in [9.17, 15) is 30.2 Å². The van der Waals surface area contributed by atoms with E-state index in [0.29, 0.717) is 0 Å². The van der Waals surface area contributed by atoms with Gasteiger partial charge in [0.15, 0.2) is 35.4 Å². The molecule has 10 atom stereocenters. The second kappa shape index (κ2) is 14.8. The van der Waals surface area contributed by atoms with Crippen molar-refractivity contribution in [1.29, 1.82) is 0 Å². The first-order valence-electron chi connectivity index (χ1n) is 14.5. The predicted molar refractivity (Wildman–Crippen MR) is 176 cm³/mol. The van der Waals surface area contributed by atoms with Crippen LogP contribution in [0.15, 0.2) is 25.3 Å². The molecule has 4 aromatic rings. The smallest absolute Gasteiger partial charge is 0.324 e. The third-order valence-corrected chi connectivity index (χ3v) is 10.9. The van der Waals surface area contributed by atoms with Crippen molar-refractivity contribution in [2.24, 2.45) is 5.73 Å². The van der Waals surface area contributed by atoms with Crippen LogP contribution < -0.4 is 17.2 Å². The first kappa shape index (κ1) is 37.2. The molecule has 0 saturated carbocycles. The zero-order valence-electron chi connectivity index (χ0n) is 25.5. The Labute approximate surface area is 291 Å². The van der Waals surface area contributed by atoms with Crippen LogP contribution in [-0.4, -0.2) is 138 Å². The number of hydrogen-bond donors (Lipinski definition) is 9. The molecule has 274 valence electrons. The Balaban J connectivity index is 0.940. The van der Waals surface area contributed by atoms with Gasteiger partial charge in [0.1, 0.15) is 60.3 Å². The van der Waals surface area contributed by atoms with Gasteiger partial charge in [-0.1, -0.05) is 0 Å². The third-order valence-electron chi connectivity index (χ3n) is 7.70. The number of aliphatic hydroxyl groups excluding tert-OH is 4. The fourth-order valence-corrected chi connectivity index (χ4v) is 7.45. The molecule has 0 spiro atoms. The van der Waals surface area contributed by atoms with Crippen molar-refractivity contribution in [2.75, 3.05) is 37.9 Å². The van der Waals surface area contributed by atoms with E-state index in [1.807, 2.05) is 0 Å². The van der Waals surface area contributed by atoms with Crippen LogP contribution in [0, 0.1) is 0 Å². The van der Waals surface area contributed by atoms with E-state index in [0.717, 1.165) is 0 Å². The molecule has 2 fully saturated rings. The van der Waals surface area contributed by atoms with Gasteiger partial charge in [-0.05, 0) is 23.6 Å². The van der Waals surface area contributed by atoms with Crippen LogP contribution >= 0.6 is 13.4 Å². The number of nitrogen functional groups attached to an aromatic ring is 2. The Hall–Kier alpha value is -2.52. The minimum Gasteiger partial charge on any atom is -0.387 e. The fourth-order valence-electron chi connectivity index (χ4n) is 5.14. The third kappa shape index (κ3) is 7.79. The van der Waals surface area contributed by atoms with Gasteiger partial charge in [-0.3, -0.25) is 9.13 Å². The van der Waals surface area contributed by atoms with Crippen LogP contribution in [0.3, 0.4) is 0 Å². The van der Waals surface area contributed by atoms with Crippen molar-refractivity contribution in [3.63, 3.8) is 0 Å². The van der Waals surface area contributed by atoms with Gasteiger partial charge in [-0.25, -0.2) is 29.9 Å². The summed E-state index contributed by atoms with van der Waals surface area (Å²) < 4.78 is 35.4. The van der Waals surface area contributed by atoms with Gasteiger partial charge in [-0.15, -0.1) is 0 Å². The maximum absolute atomic E-state index is 10.6. The number of aliphatic hydroxyl groups is 4. The van der Waals surface area contributed by atoms with Crippen molar-refractivity contribution in [1.82, 2.24) is 39.0 Å². The molecule has 4 aromatic heterocycles. The van der Waals surface area contributed by atoms with Crippen molar-refractivity contribution < 1.29 is 57.8 Å². The summed E-state index contributed by atoms with van der Waals surface area (Å²) in [6.07, 6.45) is -5.18. The maximum atomic E-state index is 10.6. The van der Waals surface area contributed by atoms with E-state index in [1.165, 1.54) is 34.4 Å². The van der Waals surface area contributed by atoms with Gasteiger partial charge >= 0.3 is 13.4 Å². The van der Waals surface area contributed by atoms with Gasteiger partial charge in [0.25, 0.3) is 0 Å². The van der Waals surface area contributed by atoms with Gasteiger partial charge in [0.05, 0.1) is 45.1 Å². The molecule has 50 heavy (non-hydrogen) atoms. The summed E-state index contributed by atoms with van der Waals surface area (Å²) in [5, 5.41) is 42.3. The van der Waals surface area contributed by atoms with E-state index in [1.54, 1.807) is 0 Å². The van der Waals surface area contributed by atoms with Crippen LogP contribution in [0.25, 0.3) is 22.3 Å². The summed E-state index contributed by atoms with van der Waals surface area (Å²) in [6, 6.07) is -0.988. The van der Waals surface area contributed by atoms with Gasteiger partial charge < -0.3 is 75.0 Å². The molecule has 6 rings (SSSR count). The largest absolute Gasteiger partial charge is 0.387 e. The molecule has 0 aromatic carbocycles. The van der Waals surface area contributed by atoms with Gasteiger partial charge in [0, 0.05) is 0 Å². The highest BCUT2D eigenvalue weighted by Gasteiger charge is 2.46. The number of hydrogen-bond acceptors (Lipinski definition) is 21. The van der Waals surface area contributed by atoms with E-state index in [-0.39, 0.29) is 34.0 Å². The number of nitrogens with two attached hydrogens (primary N) is 3. The maximum Gasteiger partial charge on any atom is 0.324 e.